The molecule has 0 aliphatic rings. The minimum absolute atomic E-state index is 0.0641. The standard InChI is InChI=1S/C8H11N3O2/c1-11-4-5(7(9)10)3-6(11)8(12)13-2/h3-4H,1-2H3,(H3,9,10). The number of aryl methyl sites for hydroxylation is 1. The summed E-state index contributed by atoms with van der Waals surface area (Å²) in [4.78, 5) is 11.1. The number of hydrogen-bond acceptors (Lipinski definition) is 3. The molecule has 13 heavy (non-hydrogen) atoms. The Hall–Kier alpha value is -1.78. The van der Waals surface area contributed by atoms with Crippen LogP contribution >= 0.6 is 0 Å². The van der Waals surface area contributed by atoms with E-state index in [0.29, 0.717) is 11.3 Å². The van der Waals surface area contributed by atoms with Crippen molar-refractivity contribution in [3.05, 3.63) is 23.5 Å². The maximum atomic E-state index is 11.1. The number of nitrogens with zero attached hydrogens (tertiary/aromatic N) is 1. The highest BCUT2D eigenvalue weighted by molar-refractivity contribution is 5.98. The second kappa shape index (κ2) is 3.30. The van der Waals surface area contributed by atoms with Crippen LogP contribution in [0, 0.1) is 5.41 Å². The quantitative estimate of drug-likeness (QED) is 0.385. The van der Waals surface area contributed by atoms with Crippen LogP contribution in [0.4, 0.5) is 0 Å². The van der Waals surface area contributed by atoms with Crippen molar-refractivity contribution in [3.8, 4) is 0 Å². The Morgan fingerprint density at radius 2 is 2.31 bits per heavy atom. The van der Waals surface area contributed by atoms with E-state index in [0.717, 1.165) is 0 Å². The van der Waals surface area contributed by atoms with Gasteiger partial charge in [-0.3, -0.25) is 5.41 Å². The van der Waals surface area contributed by atoms with Crippen molar-refractivity contribution >= 4 is 11.8 Å². The Bertz CT molecular complexity index is 354. The lowest BCUT2D eigenvalue weighted by Gasteiger charge is -1.98. The molecule has 1 aromatic rings. The summed E-state index contributed by atoms with van der Waals surface area (Å²) in [6.07, 6.45) is 1.61. The molecule has 0 spiro atoms. The fourth-order valence-corrected chi connectivity index (χ4v) is 1.02. The van der Waals surface area contributed by atoms with Gasteiger partial charge in [0.1, 0.15) is 11.5 Å². The Labute approximate surface area is 75.6 Å². The summed E-state index contributed by atoms with van der Waals surface area (Å²) in [6.45, 7) is 0. The largest absolute Gasteiger partial charge is 0.464 e. The van der Waals surface area contributed by atoms with E-state index in [9.17, 15) is 4.79 Å². The number of aromatic nitrogens is 1. The summed E-state index contributed by atoms with van der Waals surface area (Å²) >= 11 is 0. The molecule has 1 aromatic heterocycles. The zero-order chi connectivity index (χ0) is 10.0. The van der Waals surface area contributed by atoms with Crippen molar-refractivity contribution in [3.63, 3.8) is 0 Å². The van der Waals surface area contributed by atoms with Crippen molar-refractivity contribution in [1.29, 1.82) is 5.41 Å². The SMILES string of the molecule is COC(=O)c1cc(C(=N)N)cn1C. The lowest BCUT2D eigenvalue weighted by Crippen LogP contribution is -2.09. The predicted molar refractivity (Wildman–Crippen MR) is 47.8 cm³/mol. The van der Waals surface area contributed by atoms with E-state index in [1.165, 1.54) is 13.2 Å². The molecule has 3 N–H and O–H groups in total. The lowest BCUT2D eigenvalue weighted by molar-refractivity contribution is 0.0590. The number of nitrogens with one attached hydrogen (secondary N) is 1. The molecule has 0 unspecified atom stereocenters. The summed E-state index contributed by atoms with van der Waals surface area (Å²) in [5, 5.41) is 7.16. The van der Waals surface area contributed by atoms with Crippen LogP contribution in [-0.4, -0.2) is 23.5 Å². The van der Waals surface area contributed by atoms with E-state index in [1.54, 1.807) is 17.8 Å². The Kier molecular flexibility index (Phi) is 2.36. The van der Waals surface area contributed by atoms with Crippen LogP contribution in [0.15, 0.2) is 12.3 Å². The minimum atomic E-state index is -0.435. The number of nitrogens with two attached hydrogens (primary N) is 1. The highest BCUT2D eigenvalue weighted by atomic mass is 16.5. The molecule has 70 valence electrons. The molecule has 0 saturated carbocycles. The van der Waals surface area contributed by atoms with E-state index in [4.69, 9.17) is 11.1 Å². The van der Waals surface area contributed by atoms with Crippen LogP contribution in [-0.2, 0) is 11.8 Å². The van der Waals surface area contributed by atoms with Gasteiger partial charge in [0.2, 0.25) is 0 Å². The van der Waals surface area contributed by atoms with Gasteiger partial charge in [-0.1, -0.05) is 0 Å². The Morgan fingerprint density at radius 1 is 1.69 bits per heavy atom. The highest BCUT2D eigenvalue weighted by Gasteiger charge is 2.12. The number of carbonyl (C=O) groups excluding carboxylic acids is 1. The van der Waals surface area contributed by atoms with Gasteiger partial charge in [-0.05, 0) is 6.07 Å². The molecule has 0 aliphatic carbocycles. The van der Waals surface area contributed by atoms with Crippen LogP contribution in [0.25, 0.3) is 0 Å². The van der Waals surface area contributed by atoms with Crippen molar-refractivity contribution < 1.29 is 9.53 Å². The van der Waals surface area contributed by atoms with Crippen LogP contribution in [0.2, 0.25) is 0 Å². The molecule has 0 bridgehead atoms. The molecular weight excluding hydrogens is 170 g/mol. The minimum Gasteiger partial charge on any atom is -0.464 e. The normalized spacial score (nSPS) is 9.69. The first-order valence-corrected chi connectivity index (χ1v) is 3.65. The second-order valence-corrected chi connectivity index (χ2v) is 2.63. The molecule has 0 aromatic carbocycles. The van der Waals surface area contributed by atoms with Gasteiger partial charge in [0.15, 0.2) is 0 Å². The molecule has 0 amide bonds. The van der Waals surface area contributed by atoms with Gasteiger partial charge in [0.05, 0.1) is 7.11 Å². The monoisotopic (exact) mass is 181 g/mol. The summed E-state index contributed by atoms with van der Waals surface area (Å²) in [5.41, 5.74) is 6.15. The first kappa shape index (κ1) is 9.31. The third-order valence-corrected chi connectivity index (χ3v) is 1.71. The fraction of sp³-hybridized carbons (Fsp3) is 0.250. The molecule has 0 fully saturated rings. The number of rotatable bonds is 2. The van der Waals surface area contributed by atoms with Crippen LogP contribution in [0.5, 0.6) is 0 Å². The van der Waals surface area contributed by atoms with Crippen LogP contribution < -0.4 is 5.73 Å². The van der Waals surface area contributed by atoms with Gasteiger partial charge < -0.3 is 15.0 Å². The summed E-state index contributed by atoms with van der Waals surface area (Å²) < 4.78 is 6.11. The average molecular weight is 181 g/mol. The number of methoxy groups -OCH3 is 1. The van der Waals surface area contributed by atoms with Crippen molar-refractivity contribution in [2.75, 3.05) is 7.11 Å². The van der Waals surface area contributed by atoms with Gasteiger partial charge in [-0.25, -0.2) is 4.79 Å². The van der Waals surface area contributed by atoms with Crippen LogP contribution in [0.1, 0.15) is 16.1 Å². The molecule has 5 nitrogen and oxygen atoms in total. The molecule has 0 saturated heterocycles. The molecule has 1 heterocycles. The van der Waals surface area contributed by atoms with Gasteiger partial charge in [0.25, 0.3) is 0 Å². The third kappa shape index (κ3) is 1.69. The first-order chi connectivity index (χ1) is 6.06. The number of carbonyl (C=O) groups is 1. The van der Waals surface area contributed by atoms with Crippen molar-refractivity contribution in [1.82, 2.24) is 4.57 Å². The molecular formula is C8H11N3O2. The second-order valence-electron chi connectivity index (χ2n) is 2.63. The Morgan fingerprint density at radius 3 is 2.69 bits per heavy atom. The van der Waals surface area contributed by atoms with Gasteiger partial charge >= 0.3 is 5.97 Å². The van der Waals surface area contributed by atoms with E-state index >= 15 is 0 Å². The van der Waals surface area contributed by atoms with E-state index in [-0.39, 0.29) is 5.84 Å². The molecule has 0 atom stereocenters. The van der Waals surface area contributed by atoms with Crippen molar-refractivity contribution in [2.45, 2.75) is 0 Å². The topological polar surface area (TPSA) is 81.1 Å². The predicted octanol–water partition coefficient (Wildman–Crippen LogP) is 0.0958. The maximum absolute atomic E-state index is 11.1. The number of ether oxygens (including phenoxy) is 1. The summed E-state index contributed by atoms with van der Waals surface area (Å²) in [6, 6.07) is 1.52. The number of hydrogen-bond donors (Lipinski definition) is 2. The van der Waals surface area contributed by atoms with E-state index in [1.807, 2.05) is 0 Å². The van der Waals surface area contributed by atoms with E-state index in [2.05, 4.69) is 4.74 Å². The number of amidine groups is 1. The van der Waals surface area contributed by atoms with Gasteiger partial charge in [-0.2, -0.15) is 0 Å². The molecule has 1 rings (SSSR count). The van der Waals surface area contributed by atoms with Gasteiger partial charge in [0, 0.05) is 18.8 Å². The number of esters is 1. The van der Waals surface area contributed by atoms with Crippen molar-refractivity contribution in [2.24, 2.45) is 12.8 Å². The number of nitrogen functional groups attached to an aromatic ring is 1. The zero-order valence-corrected chi connectivity index (χ0v) is 7.50. The van der Waals surface area contributed by atoms with Crippen LogP contribution in [0.3, 0.4) is 0 Å². The highest BCUT2D eigenvalue weighted by Crippen LogP contribution is 2.07. The molecule has 5 heteroatoms. The van der Waals surface area contributed by atoms with Gasteiger partial charge in [-0.15, -0.1) is 0 Å². The van der Waals surface area contributed by atoms with E-state index < -0.39 is 5.97 Å². The summed E-state index contributed by atoms with van der Waals surface area (Å²) in [5.74, 6) is -0.499. The average Bonchev–Trinajstić information content (AvgIpc) is 2.46. The Balaban J connectivity index is 3.10. The summed E-state index contributed by atoms with van der Waals surface area (Å²) in [7, 11) is 3.00. The smallest absolute Gasteiger partial charge is 0.354 e. The lowest BCUT2D eigenvalue weighted by atomic mass is 10.3. The molecule has 0 radical (unpaired) electrons. The first-order valence-electron chi connectivity index (χ1n) is 3.65. The fourth-order valence-electron chi connectivity index (χ4n) is 1.02. The third-order valence-electron chi connectivity index (χ3n) is 1.71. The molecule has 0 aliphatic heterocycles. The zero-order valence-electron chi connectivity index (χ0n) is 7.50. The maximum Gasteiger partial charge on any atom is 0.354 e.